The number of hydrogen-bond donors (Lipinski definition) is 1. The number of thiazole rings is 1. The summed E-state index contributed by atoms with van der Waals surface area (Å²) in [6, 6.07) is 0.385. The van der Waals surface area contributed by atoms with Gasteiger partial charge in [0.2, 0.25) is 0 Å². The molecule has 92 valence electrons. The van der Waals surface area contributed by atoms with Crippen LogP contribution >= 0.6 is 11.3 Å². The Morgan fingerprint density at radius 1 is 1.50 bits per heavy atom. The van der Waals surface area contributed by atoms with E-state index in [1.165, 1.54) is 9.88 Å². The second-order valence-corrected chi connectivity index (χ2v) is 5.21. The molecule has 0 saturated heterocycles. The van der Waals surface area contributed by atoms with Gasteiger partial charge in [0.25, 0.3) is 0 Å². The van der Waals surface area contributed by atoms with E-state index < -0.39 is 0 Å². The molecule has 0 spiro atoms. The Morgan fingerprint density at radius 2 is 2.25 bits per heavy atom. The van der Waals surface area contributed by atoms with Crippen LogP contribution in [0.3, 0.4) is 0 Å². The first-order valence-electron chi connectivity index (χ1n) is 5.87. The fourth-order valence-electron chi connectivity index (χ4n) is 1.40. The van der Waals surface area contributed by atoms with Crippen LogP contribution in [-0.2, 0) is 17.6 Å². The van der Waals surface area contributed by atoms with Crippen LogP contribution in [0, 0.1) is 0 Å². The van der Waals surface area contributed by atoms with Gasteiger partial charge in [-0.3, -0.25) is 0 Å². The lowest BCUT2D eigenvalue weighted by atomic mass is 10.2. The van der Waals surface area contributed by atoms with Gasteiger partial charge in [0.1, 0.15) is 0 Å². The number of methoxy groups -OCH3 is 1. The van der Waals surface area contributed by atoms with Gasteiger partial charge in [0, 0.05) is 37.2 Å². The molecule has 0 aliphatic rings. The van der Waals surface area contributed by atoms with Crippen LogP contribution in [0.4, 0.5) is 0 Å². The molecule has 0 saturated carbocycles. The van der Waals surface area contributed by atoms with Crippen molar-refractivity contribution in [3.63, 3.8) is 0 Å². The molecule has 1 N–H and O–H groups in total. The quantitative estimate of drug-likeness (QED) is 0.796. The molecule has 0 aliphatic heterocycles. The van der Waals surface area contributed by atoms with Gasteiger partial charge >= 0.3 is 0 Å². The Hall–Kier alpha value is -0.450. The summed E-state index contributed by atoms with van der Waals surface area (Å²) in [5, 5.41) is 4.67. The minimum atomic E-state index is 0.252. The SMILES string of the molecule is CCc1cnc(CCNC(C)C(C)OC)s1. The van der Waals surface area contributed by atoms with Crippen LogP contribution in [0.5, 0.6) is 0 Å². The van der Waals surface area contributed by atoms with Crippen molar-refractivity contribution < 1.29 is 4.74 Å². The zero-order valence-electron chi connectivity index (χ0n) is 10.6. The normalized spacial score (nSPS) is 15.0. The number of nitrogens with zero attached hydrogens (tertiary/aromatic N) is 1. The summed E-state index contributed by atoms with van der Waals surface area (Å²) in [5.74, 6) is 0. The molecule has 2 atom stereocenters. The van der Waals surface area contributed by atoms with Gasteiger partial charge in [-0.05, 0) is 20.3 Å². The van der Waals surface area contributed by atoms with Crippen molar-refractivity contribution in [3.05, 3.63) is 16.1 Å². The zero-order chi connectivity index (χ0) is 12.0. The maximum Gasteiger partial charge on any atom is 0.0940 e. The average Bonchev–Trinajstić information content (AvgIpc) is 2.75. The van der Waals surface area contributed by atoms with Crippen molar-refractivity contribution in [2.24, 2.45) is 0 Å². The summed E-state index contributed by atoms with van der Waals surface area (Å²) in [6.45, 7) is 7.35. The first kappa shape index (κ1) is 13.6. The number of aromatic nitrogens is 1. The van der Waals surface area contributed by atoms with Crippen LogP contribution < -0.4 is 5.32 Å². The molecular weight excluding hydrogens is 220 g/mol. The van der Waals surface area contributed by atoms with Crippen LogP contribution in [0.2, 0.25) is 0 Å². The van der Waals surface area contributed by atoms with Gasteiger partial charge in [-0.2, -0.15) is 0 Å². The third-order valence-corrected chi connectivity index (χ3v) is 4.03. The Labute approximate surface area is 102 Å². The van der Waals surface area contributed by atoms with Crippen molar-refractivity contribution in [2.45, 2.75) is 45.8 Å². The number of rotatable bonds is 7. The first-order valence-corrected chi connectivity index (χ1v) is 6.68. The standard InChI is InChI=1S/C12H22N2OS/c1-5-11-8-14-12(16-11)6-7-13-9(2)10(3)15-4/h8-10,13H,5-7H2,1-4H3. The van der Waals surface area contributed by atoms with E-state index in [9.17, 15) is 0 Å². The van der Waals surface area contributed by atoms with Crippen molar-refractivity contribution in [3.8, 4) is 0 Å². The lowest BCUT2D eigenvalue weighted by Crippen LogP contribution is -2.37. The molecule has 1 aromatic heterocycles. The number of nitrogens with one attached hydrogen (secondary N) is 1. The second-order valence-electron chi connectivity index (χ2n) is 4.01. The molecule has 2 unspecified atom stereocenters. The molecule has 0 radical (unpaired) electrons. The highest BCUT2D eigenvalue weighted by atomic mass is 32.1. The van der Waals surface area contributed by atoms with Crippen LogP contribution in [0.1, 0.15) is 30.7 Å². The van der Waals surface area contributed by atoms with E-state index in [-0.39, 0.29) is 6.10 Å². The Bertz CT molecular complexity index is 301. The molecule has 4 heteroatoms. The monoisotopic (exact) mass is 242 g/mol. The van der Waals surface area contributed by atoms with Gasteiger partial charge < -0.3 is 10.1 Å². The van der Waals surface area contributed by atoms with E-state index in [1.807, 2.05) is 17.5 Å². The van der Waals surface area contributed by atoms with E-state index in [1.54, 1.807) is 7.11 Å². The van der Waals surface area contributed by atoms with E-state index in [0.29, 0.717) is 6.04 Å². The summed E-state index contributed by atoms with van der Waals surface area (Å²) in [6.07, 6.45) is 4.33. The number of ether oxygens (including phenoxy) is 1. The third kappa shape index (κ3) is 4.20. The summed E-state index contributed by atoms with van der Waals surface area (Å²) in [7, 11) is 1.75. The smallest absolute Gasteiger partial charge is 0.0940 e. The molecule has 0 fully saturated rings. The average molecular weight is 242 g/mol. The molecule has 3 nitrogen and oxygen atoms in total. The Balaban J connectivity index is 2.24. The van der Waals surface area contributed by atoms with Gasteiger partial charge in [-0.1, -0.05) is 6.92 Å². The summed E-state index contributed by atoms with van der Waals surface area (Å²) < 4.78 is 5.26. The molecule has 0 bridgehead atoms. The number of hydrogen-bond acceptors (Lipinski definition) is 4. The minimum Gasteiger partial charge on any atom is -0.380 e. The molecule has 1 heterocycles. The molecule has 1 rings (SSSR count). The van der Waals surface area contributed by atoms with Crippen molar-refractivity contribution in [1.82, 2.24) is 10.3 Å². The molecule has 1 aromatic rings. The predicted molar refractivity (Wildman–Crippen MR) is 69.1 cm³/mol. The molecule has 0 aliphatic carbocycles. The fraction of sp³-hybridized carbons (Fsp3) is 0.750. The summed E-state index contributed by atoms with van der Waals surface area (Å²) in [4.78, 5) is 5.76. The second kappa shape index (κ2) is 6.99. The fourth-order valence-corrected chi connectivity index (χ4v) is 2.27. The molecular formula is C12H22N2OS. The zero-order valence-corrected chi connectivity index (χ0v) is 11.4. The maximum absolute atomic E-state index is 5.26. The first-order chi connectivity index (χ1) is 7.67. The Kier molecular flexibility index (Phi) is 5.95. The van der Waals surface area contributed by atoms with Gasteiger partial charge in [0.15, 0.2) is 0 Å². The van der Waals surface area contributed by atoms with Crippen molar-refractivity contribution in [2.75, 3.05) is 13.7 Å². The summed E-state index contributed by atoms with van der Waals surface area (Å²) in [5.41, 5.74) is 0. The lowest BCUT2D eigenvalue weighted by molar-refractivity contribution is 0.0890. The topological polar surface area (TPSA) is 34.2 Å². The molecule has 16 heavy (non-hydrogen) atoms. The third-order valence-electron chi connectivity index (χ3n) is 2.83. The molecule has 0 aromatic carbocycles. The van der Waals surface area contributed by atoms with Crippen molar-refractivity contribution in [1.29, 1.82) is 0 Å². The van der Waals surface area contributed by atoms with Crippen LogP contribution in [0.25, 0.3) is 0 Å². The van der Waals surface area contributed by atoms with Gasteiger partial charge in [-0.15, -0.1) is 11.3 Å². The maximum atomic E-state index is 5.26. The van der Waals surface area contributed by atoms with E-state index in [4.69, 9.17) is 4.74 Å². The van der Waals surface area contributed by atoms with Crippen LogP contribution in [0.15, 0.2) is 6.20 Å². The highest BCUT2D eigenvalue weighted by Crippen LogP contribution is 2.13. The van der Waals surface area contributed by atoms with Gasteiger partial charge in [-0.25, -0.2) is 4.98 Å². The Morgan fingerprint density at radius 3 is 2.81 bits per heavy atom. The lowest BCUT2D eigenvalue weighted by Gasteiger charge is -2.19. The van der Waals surface area contributed by atoms with Crippen molar-refractivity contribution >= 4 is 11.3 Å². The van der Waals surface area contributed by atoms with E-state index in [0.717, 1.165) is 19.4 Å². The highest BCUT2D eigenvalue weighted by Gasteiger charge is 2.10. The predicted octanol–water partition coefficient (Wildman–Crippen LogP) is 2.26. The highest BCUT2D eigenvalue weighted by molar-refractivity contribution is 7.11. The van der Waals surface area contributed by atoms with E-state index in [2.05, 4.69) is 31.1 Å². The van der Waals surface area contributed by atoms with Crippen LogP contribution in [-0.4, -0.2) is 30.8 Å². The molecule has 0 amide bonds. The van der Waals surface area contributed by atoms with E-state index >= 15 is 0 Å². The number of aryl methyl sites for hydroxylation is 1. The van der Waals surface area contributed by atoms with Gasteiger partial charge in [0.05, 0.1) is 11.1 Å². The minimum absolute atomic E-state index is 0.252. The summed E-state index contributed by atoms with van der Waals surface area (Å²) >= 11 is 1.82. The largest absolute Gasteiger partial charge is 0.380 e.